The van der Waals surface area contributed by atoms with Crippen molar-refractivity contribution >= 4 is 28.9 Å². The van der Waals surface area contributed by atoms with E-state index in [1.807, 2.05) is 11.0 Å². The molecule has 1 fully saturated rings. The Kier molecular flexibility index (Phi) is 5.94. The van der Waals surface area contributed by atoms with Gasteiger partial charge < -0.3 is 15.1 Å². The Morgan fingerprint density at radius 2 is 1.78 bits per heavy atom. The average molecular weight is 385 g/mol. The van der Waals surface area contributed by atoms with Crippen LogP contribution in [0.2, 0.25) is 5.02 Å². The lowest BCUT2D eigenvalue weighted by atomic mass is 10.2. The molecule has 2 aromatic rings. The lowest BCUT2D eigenvalue weighted by Gasteiger charge is -2.35. The number of rotatable bonds is 4. The number of nitrogens with one attached hydrogen (secondary N) is 1. The van der Waals surface area contributed by atoms with Crippen LogP contribution < -0.4 is 10.2 Å². The first-order valence-electron chi connectivity index (χ1n) is 8.49. The molecule has 1 aliphatic rings. The first-order valence-corrected chi connectivity index (χ1v) is 8.87. The summed E-state index contributed by atoms with van der Waals surface area (Å²) in [4.78, 5) is 16.4. The zero-order chi connectivity index (χ0) is 19.2. The van der Waals surface area contributed by atoms with Gasteiger partial charge in [0.25, 0.3) is 5.91 Å². The highest BCUT2D eigenvalue weighted by Crippen LogP contribution is 2.21. The van der Waals surface area contributed by atoms with Crippen LogP contribution in [0.3, 0.4) is 0 Å². The van der Waals surface area contributed by atoms with Gasteiger partial charge in [0.1, 0.15) is 17.5 Å². The maximum absolute atomic E-state index is 13.0. The van der Waals surface area contributed by atoms with Crippen LogP contribution in [-0.4, -0.2) is 37.0 Å². The Labute approximate surface area is 162 Å². The van der Waals surface area contributed by atoms with Gasteiger partial charge in [0.2, 0.25) is 0 Å². The Bertz CT molecular complexity index is 884. The van der Waals surface area contributed by atoms with Gasteiger partial charge in [-0.25, -0.2) is 4.39 Å². The van der Waals surface area contributed by atoms with Crippen molar-refractivity contribution < 1.29 is 9.18 Å². The fraction of sp³-hybridized carbons (Fsp3) is 0.200. The van der Waals surface area contributed by atoms with Crippen LogP contribution in [0.5, 0.6) is 0 Å². The highest BCUT2D eigenvalue weighted by molar-refractivity contribution is 6.33. The quantitative estimate of drug-likeness (QED) is 0.645. The molecule has 2 aromatic carbocycles. The highest BCUT2D eigenvalue weighted by Gasteiger charge is 2.18. The van der Waals surface area contributed by atoms with Crippen molar-refractivity contribution in [1.29, 1.82) is 5.26 Å². The van der Waals surface area contributed by atoms with Crippen LogP contribution in [0.1, 0.15) is 0 Å². The van der Waals surface area contributed by atoms with Crippen molar-refractivity contribution in [2.45, 2.75) is 0 Å². The summed E-state index contributed by atoms with van der Waals surface area (Å²) in [6.07, 6.45) is 1.58. The molecule has 7 heteroatoms. The van der Waals surface area contributed by atoms with E-state index >= 15 is 0 Å². The van der Waals surface area contributed by atoms with Gasteiger partial charge in [0, 0.05) is 38.1 Å². The van der Waals surface area contributed by atoms with Crippen LogP contribution in [0.25, 0.3) is 0 Å². The molecule has 0 radical (unpaired) electrons. The number of hydrogen-bond acceptors (Lipinski definition) is 4. The van der Waals surface area contributed by atoms with Crippen LogP contribution in [-0.2, 0) is 4.79 Å². The third kappa shape index (κ3) is 4.78. The standard InChI is InChI=1S/C20H18ClFN4O/c21-18-3-1-2-4-19(18)24-20(27)15(13-23)14-25-9-11-26(12-10-25)17-7-5-16(22)6-8-17/h1-8,14H,9-12H2,(H,24,27)/b15-14-. The lowest BCUT2D eigenvalue weighted by molar-refractivity contribution is -0.112. The third-order valence-corrected chi connectivity index (χ3v) is 4.63. The second-order valence-electron chi connectivity index (χ2n) is 6.09. The first kappa shape index (κ1) is 18.7. The van der Waals surface area contributed by atoms with Gasteiger partial charge in [-0.05, 0) is 36.4 Å². The molecule has 0 saturated carbocycles. The third-order valence-electron chi connectivity index (χ3n) is 4.30. The molecular formula is C20H18ClFN4O. The van der Waals surface area contributed by atoms with Gasteiger partial charge in [-0.1, -0.05) is 23.7 Å². The number of anilines is 2. The average Bonchev–Trinajstić information content (AvgIpc) is 2.69. The molecule has 1 heterocycles. The molecule has 5 nitrogen and oxygen atoms in total. The van der Waals surface area contributed by atoms with Crippen LogP contribution in [0, 0.1) is 17.1 Å². The minimum atomic E-state index is -0.494. The van der Waals surface area contributed by atoms with Gasteiger partial charge in [0.15, 0.2) is 0 Å². The number of amides is 1. The number of para-hydroxylation sites is 1. The number of nitrogens with zero attached hydrogens (tertiary/aromatic N) is 3. The fourth-order valence-electron chi connectivity index (χ4n) is 2.83. The number of halogens is 2. The Balaban J connectivity index is 1.62. The molecule has 0 bridgehead atoms. The summed E-state index contributed by atoms with van der Waals surface area (Å²) in [5.74, 6) is -0.755. The summed E-state index contributed by atoms with van der Waals surface area (Å²) in [7, 11) is 0. The molecule has 3 rings (SSSR count). The van der Waals surface area contributed by atoms with Crippen molar-refractivity contribution in [2.75, 3.05) is 36.4 Å². The summed E-state index contributed by atoms with van der Waals surface area (Å²) in [6, 6.07) is 15.2. The number of piperazine rings is 1. The van der Waals surface area contributed by atoms with Crippen LogP contribution in [0.15, 0.2) is 60.3 Å². The van der Waals surface area contributed by atoms with E-state index < -0.39 is 5.91 Å². The minimum Gasteiger partial charge on any atom is -0.373 e. The molecule has 1 amide bonds. The molecule has 0 atom stereocenters. The van der Waals surface area contributed by atoms with Crippen molar-refractivity contribution in [1.82, 2.24) is 4.90 Å². The molecule has 0 aliphatic carbocycles. The maximum Gasteiger partial charge on any atom is 0.267 e. The van der Waals surface area contributed by atoms with E-state index in [1.165, 1.54) is 12.1 Å². The van der Waals surface area contributed by atoms with Gasteiger partial charge >= 0.3 is 0 Å². The summed E-state index contributed by atoms with van der Waals surface area (Å²) < 4.78 is 13.0. The predicted octanol–water partition coefficient (Wildman–Crippen LogP) is 3.65. The van der Waals surface area contributed by atoms with E-state index in [4.69, 9.17) is 11.6 Å². The first-order chi connectivity index (χ1) is 13.1. The smallest absolute Gasteiger partial charge is 0.267 e. The van der Waals surface area contributed by atoms with Crippen LogP contribution in [0.4, 0.5) is 15.8 Å². The van der Waals surface area contributed by atoms with Gasteiger partial charge in [-0.15, -0.1) is 0 Å². The van der Waals surface area contributed by atoms with E-state index in [-0.39, 0.29) is 11.4 Å². The molecule has 1 N–H and O–H groups in total. The molecule has 0 aromatic heterocycles. The van der Waals surface area contributed by atoms with E-state index in [9.17, 15) is 14.4 Å². The highest BCUT2D eigenvalue weighted by atomic mass is 35.5. The fourth-order valence-corrected chi connectivity index (χ4v) is 3.02. The summed E-state index contributed by atoms with van der Waals surface area (Å²) >= 11 is 6.04. The number of benzene rings is 2. The number of carbonyl (C=O) groups excluding carboxylic acids is 1. The molecule has 0 spiro atoms. The minimum absolute atomic E-state index is 0.0187. The zero-order valence-electron chi connectivity index (χ0n) is 14.5. The second-order valence-corrected chi connectivity index (χ2v) is 6.50. The van der Waals surface area contributed by atoms with Crippen molar-refractivity contribution in [3.05, 3.63) is 71.1 Å². The number of carbonyl (C=O) groups is 1. The Morgan fingerprint density at radius 1 is 1.11 bits per heavy atom. The Hall–Kier alpha value is -3.04. The van der Waals surface area contributed by atoms with Crippen molar-refractivity contribution in [2.24, 2.45) is 0 Å². The van der Waals surface area contributed by atoms with E-state index in [2.05, 4.69) is 10.2 Å². The number of nitriles is 1. The maximum atomic E-state index is 13.0. The van der Waals surface area contributed by atoms with Crippen molar-refractivity contribution in [3.8, 4) is 6.07 Å². The van der Waals surface area contributed by atoms with E-state index in [1.54, 1.807) is 42.6 Å². The zero-order valence-corrected chi connectivity index (χ0v) is 15.3. The molecule has 0 unspecified atom stereocenters. The molecule has 138 valence electrons. The second kappa shape index (κ2) is 8.56. The van der Waals surface area contributed by atoms with Gasteiger partial charge in [-0.2, -0.15) is 5.26 Å². The largest absolute Gasteiger partial charge is 0.373 e. The summed E-state index contributed by atoms with van der Waals surface area (Å²) in [6.45, 7) is 2.74. The summed E-state index contributed by atoms with van der Waals surface area (Å²) in [5, 5.41) is 12.4. The Morgan fingerprint density at radius 3 is 2.41 bits per heavy atom. The lowest BCUT2D eigenvalue weighted by Crippen LogP contribution is -2.44. The molecule has 1 saturated heterocycles. The van der Waals surface area contributed by atoms with E-state index in [0.717, 1.165) is 5.69 Å². The van der Waals surface area contributed by atoms with Crippen molar-refractivity contribution in [3.63, 3.8) is 0 Å². The van der Waals surface area contributed by atoms with Gasteiger partial charge in [0.05, 0.1) is 10.7 Å². The molecule has 1 aliphatic heterocycles. The normalized spacial score (nSPS) is 14.6. The monoisotopic (exact) mass is 384 g/mol. The SMILES string of the molecule is N#C/C(=C/N1CCN(c2ccc(F)cc2)CC1)C(=O)Nc1ccccc1Cl. The molecular weight excluding hydrogens is 367 g/mol. The van der Waals surface area contributed by atoms with Gasteiger partial charge in [-0.3, -0.25) is 4.79 Å². The van der Waals surface area contributed by atoms with E-state index in [0.29, 0.717) is 36.9 Å². The predicted molar refractivity (Wildman–Crippen MR) is 104 cm³/mol. The van der Waals surface area contributed by atoms with Crippen LogP contribution >= 0.6 is 11.6 Å². The topological polar surface area (TPSA) is 59.4 Å². The summed E-state index contributed by atoms with van der Waals surface area (Å²) in [5.41, 5.74) is 1.44. The number of hydrogen-bond donors (Lipinski definition) is 1. The molecule has 27 heavy (non-hydrogen) atoms.